The maximum absolute atomic E-state index is 5.79. The van der Waals surface area contributed by atoms with Crippen LogP contribution in [0.2, 0.25) is 0 Å². The molecule has 0 bridgehead atoms. The van der Waals surface area contributed by atoms with E-state index < -0.39 is 0 Å². The van der Waals surface area contributed by atoms with E-state index in [-0.39, 0.29) is 0 Å². The lowest BCUT2D eigenvalue weighted by molar-refractivity contribution is 0.285. The third-order valence-electron chi connectivity index (χ3n) is 3.06. The summed E-state index contributed by atoms with van der Waals surface area (Å²) >= 11 is 0. The lowest BCUT2D eigenvalue weighted by atomic mass is 10.00. The predicted molar refractivity (Wildman–Crippen MR) is 67.1 cm³/mol. The monoisotopic (exact) mass is 219 g/mol. The number of nitrogens with one attached hydrogen (secondary N) is 1. The molecule has 0 unspecified atom stereocenters. The molecule has 1 heterocycles. The number of para-hydroxylation sites is 1. The third kappa shape index (κ3) is 2.76. The van der Waals surface area contributed by atoms with Crippen LogP contribution in [-0.2, 0) is 12.8 Å². The van der Waals surface area contributed by atoms with Crippen LogP contribution in [0, 0.1) is 0 Å². The largest absolute Gasteiger partial charge is 0.493 e. The van der Waals surface area contributed by atoms with E-state index in [1.54, 1.807) is 0 Å². The molecule has 2 nitrogen and oxygen atoms in total. The number of benzene rings is 1. The van der Waals surface area contributed by atoms with Crippen molar-refractivity contribution in [3.05, 3.63) is 29.3 Å². The van der Waals surface area contributed by atoms with Gasteiger partial charge in [-0.2, -0.15) is 0 Å². The number of aryl methyl sites for hydroxylation is 2. The fourth-order valence-electron chi connectivity index (χ4n) is 2.23. The van der Waals surface area contributed by atoms with Gasteiger partial charge in [0.05, 0.1) is 6.61 Å². The number of hydrogen-bond donors (Lipinski definition) is 1. The van der Waals surface area contributed by atoms with Crippen molar-refractivity contribution in [3.63, 3.8) is 0 Å². The van der Waals surface area contributed by atoms with Gasteiger partial charge in [0.25, 0.3) is 0 Å². The molecular weight excluding hydrogens is 198 g/mol. The average Bonchev–Trinajstić information content (AvgIpc) is 2.35. The van der Waals surface area contributed by atoms with Gasteiger partial charge >= 0.3 is 0 Å². The van der Waals surface area contributed by atoms with E-state index in [0.29, 0.717) is 0 Å². The Morgan fingerprint density at radius 2 is 2.31 bits per heavy atom. The van der Waals surface area contributed by atoms with Crippen LogP contribution in [0.5, 0.6) is 5.75 Å². The summed E-state index contributed by atoms with van der Waals surface area (Å²) in [4.78, 5) is 0. The number of fused-ring (bicyclic) bond motifs is 1. The second-order valence-corrected chi connectivity index (χ2v) is 4.31. The lowest BCUT2D eigenvalue weighted by Gasteiger charge is -2.20. The van der Waals surface area contributed by atoms with Crippen molar-refractivity contribution in [1.29, 1.82) is 0 Å². The van der Waals surface area contributed by atoms with Gasteiger partial charge in [-0.1, -0.05) is 25.1 Å². The normalized spacial score (nSPS) is 14.3. The highest BCUT2D eigenvalue weighted by atomic mass is 16.5. The highest BCUT2D eigenvalue weighted by molar-refractivity contribution is 5.42. The Hall–Kier alpha value is -1.02. The highest BCUT2D eigenvalue weighted by Crippen LogP contribution is 2.29. The summed E-state index contributed by atoms with van der Waals surface area (Å²) in [5, 5.41) is 3.36. The van der Waals surface area contributed by atoms with Gasteiger partial charge in [-0.05, 0) is 49.9 Å². The van der Waals surface area contributed by atoms with Crippen molar-refractivity contribution in [2.75, 3.05) is 19.7 Å². The average molecular weight is 219 g/mol. The fourth-order valence-corrected chi connectivity index (χ4v) is 2.23. The van der Waals surface area contributed by atoms with Crippen LogP contribution in [0.1, 0.15) is 30.9 Å². The maximum atomic E-state index is 5.79. The molecule has 0 atom stereocenters. The minimum atomic E-state index is 0.886. The van der Waals surface area contributed by atoms with Crippen LogP contribution in [0.3, 0.4) is 0 Å². The lowest BCUT2D eigenvalue weighted by Crippen LogP contribution is -2.15. The van der Waals surface area contributed by atoms with Crippen molar-refractivity contribution in [3.8, 4) is 5.75 Å². The molecule has 1 N–H and O–H groups in total. The summed E-state index contributed by atoms with van der Waals surface area (Å²) in [6.07, 6.45) is 4.65. The topological polar surface area (TPSA) is 21.3 Å². The molecule has 0 spiro atoms. The molecule has 16 heavy (non-hydrogen) atoms. The smallest absolute Gasteiger partial charge is 0.125 e. The van der Waals surface area contributed by atoms with E-state index in [9.17, 15) is 0 Å². The summed E-state index contributed by atoms with van der Waals surface area (Å²) in [7, 11) is 0. The van der Waals surface area contributed by atoms with E-state index in [1.807, 2.05) is 0 Å². The SMILES string of the molecule is CCNCCCc1cccc2c1OCCC2. The van der Waals surface area contributed by atoms with Crippen molar-refractivity contribution in [2.24, 2.45) is 0 Å². The summed E-state index contributed by atoms with van der Waals surface area (Å²) in [5.41, 5.74) is 2.78. The van der Waals surface area contributed by atoms with Crippen molar-refractivity contribution in [1.82, 2.24) is 5.32 Å². The van der Waals surface area contributed by atoms with Crippen molar-refractivity contribution >= 4 is 0 Å². The molecule has 0 amide bonds. The van der Waals surface area contributed by atoms with Crippen molar-refractivity contribution < 1.29 is 4.74 Å². The second-order valence-electron chi connectivity index (χ2n) is 4.31. The molecule has 0 saturated heterocycles. The summed E-state index contributed by atoms with van der Waals surface area (Å²) in [6, 6.07) is 6.56. The number of hydrogen-bond acceptors (Lipinski definition) is 2. The molecule has 1 aromatic rings. The van der Waals surface area contributed by atoms with E-state index >= 15 is 0 Å². The van der Waals surface area contributed by atoms with Gasteiger partial charge in [0.2, 0.25) is 0 Å². The molecule has 0 saturated carbocycles. The van der Waals surface area contributed by atoms with Crippen molar-refractivity contribution in [2.45, 2.75) is 32.6 Å². The Morgan fingerprint density at radius 1 is 1.38 bits per heavy atom. The van der Waals surface area contributed by atoms with E-state index in [2.05, 4.69) is 30.4 Å². The van der Waals surface area contributed by atoms with Crippen LogP contribution >= 0.6 is 0 Å². The van der Waals surface area contributed by atoms with E-state index in [0.717, 1.165) is 32.5 Å². The molecular formula is C14H21NO. The van der Waals surface area contributed by atoms with E-state index in [1.165, 1.54) is 29.7 Å². The standard InChI is InChI=1S/C14H21NO/c1-2-15-10-4-8-12-6-3-7-13-9-5-11-16-14(12)13/h3,6-7,15H,2,4-5,8-11H2,1H3. The molecule has 0 aromatic heterocycles. The fraction of sp³-hybridized carbons (Fsp3) is 0.571. The van der Waals surface area contributed by atoms with Crippen LogP contribution in [0.25, 0.3) is 0 Å². The molecule has 2 heteroatoms. The Labute approximate surface area is 98.0 Å². The van der Waals surface area contributed by atoms with Gasteiger partial charge in [0, 0.05) is 0 Å². The Kier molecular flexibility index (Phi) is 4.23. The quantitative estimate of drug-likeness (QED) is 0.768. The first-order chi connectivity index (χ1) is 7.92. The predicted octanol–water partition coefficient (Wildman–Crippen LogP) is 2.55. The molecule has 1 aliphatic heterocycles. The minimum absolute atomic E-state index is 0.886. The van der Waals surface area contributed by atoms with Gasteiger partial charge in [0.1, 0.15) is 5.75 Å². The molecule has 0 aliphatic carbocycles. The van der Waals surface area contributed by atoms with Crippen LogP contribution in [0.4, 0.5) is 0 Å². The zero-order chi connectivity index (χ0) is 11.2. The first-order valence-electron chi connectivity index (χ1n) is 6.36. The number of ether oxygens (including phenoxy) is 1. The van der Waals surface area contributed by atoms with Gasteiger partial charge in [-0.25, -0.2) is 0 Å². The van der Waals surface area contributed by atoms with Gasteiger partial charge in [-0.15, -0.1) is 0 Å². The Morgan fingerprint density at radius 3 is 3.19 bits per heavy atom. The third-order valence-corrected chi connectivity index (χ3v) is 3.06. The van der Waals surface area contributed by atoms with Crippen LogP contribution in [0.15, 0.2) is 18.2 Å². The zero-order valence-electron chi connectivity index (χ0n) is 10.1. The van der Waals surface area contributed by atoms with Gasteiger partial charge < -0.3 is 10.1 Å². The first kappa shape index (κ1) is 11.5. The maximum Gasteiger partial charge on any atom is 0.125 e. The summed E-state index contributed by atoms with van der Waals surface area (Å²) < 4.78 is 5.79. The molecule has 1 aliphatic rings. The first-order valence-corrected chi connectivity index (χ1v) is 6.36. The van der Waals surface area contributed by atoms with E-state index in [4.69, 9.17) is 4.74 Å². The summed E-state index contributed by atoms with van der Waals surface area (Å²) in [5.74, 6) is 1.17. The molecule has 2 rings (SSSR count). The molecule has 88 valence electrons. The molecule has 0 fully saturated rings. The van der Waals surface area contributed by atoms with Gasteiger partial charge in [0.15, 0.2) is 0 Å². The number of rotatable bonds is 5. The second kappa shape index (κ2) is 5.90. The molecule has 0 radical (unpaired) electrons. The Bertz CT molecular complexity index is 336. The van der Waals surface area contributed by atoms with Gasteiger partial charge in [-0.3, -0.25) is 0 Å². The highest BCUT2D eigenvalue weighted by Gasteiger charge is 2.13. The Balaban J connectivity index is 1.97. The summed E-state index contributed by atoms with van der Waals surface area (Å²) in [6.45, 7) is 5.19. The molecule has 1 aromatic carbocycles. The van der Waals surface area contributed by atoms with Crippen LogP contribution < -0.4 is 10.1 Å². The minimum Gasteiger partial charge on any atom is -0.493 e. The van der Waals surface area contributed by atoms with Crippen LogP contribution in [-0.4, -0.2) is 19.7 Å². The zero-order valence-corrected chi connectivity index (χ0v) is 10.1.